The molecule has 3 unspecified atom stereocenters. The van der Waals surface area contributed by atoms with Crippen molar-refractivity contribution in [2.75, 3.05) is 31.1 Å². The van der Waals surface area contributed by atoms with Crippen molar-refractivity contribution in [3.63, 3.8) is 0 Å². The molecule has 0 spiro atoms. The molecule has 2 aromatic heterocycles. The lowest BCUT2D eigenvalue weighted by Crippen LogP contribution is -2.40. The third-order valence-electron chi connectivity index (χ3n) is 6.43. The van der Waals surface area contributed by atoms with Crippen LogP contribution in [-0.2, 0) is 0 Å². The monoisotopic (exact) mass is 337 g/mol. The molecule has 5 heteroatoms. The predicted molar refractivity (Wildman–Crippen MR) is 99.2 cm³/mol. The van der Waals surface area contributed by atoms with Gasteiger partial charge in [-0.05, 0) is 63.3 Å². The summed E-state index contributed by atoms with van der Waals surface area (Å²) < 4.78 is 1.98. The second-order valence-corrected chi connectivity index (χ2v) is 8.10. The van der Waals surface area contributed by atoms with Crippen molar-refractivity contribution in [2.24, 2.45) is 11.8 Å². The van der Waals surface area contributed by atoms with E-state index in [4.69, 9.17) is 4.98 Å². The smallest absolute Gasteiger partial charge is 0.128 e. The molecule has 0 N–H and O–H groups in total. The number of nitrogens with zero attached hydrogens (tertiary/aromatic N) is 5. The molecule has 25 heavy (non-hydrogen) atoms. The Labute approximate surface area is 149 Å². The van der Waals surface area contributed by atoms with Gasteiger partial charge in [-0.3, -0.25) is 4.90 Å². The maximum Gasteiger partial charge on any atom is 0.128 e. The van der Waals surface area contributed by atoms with Gasteiger partial charge in [-0.2, -0.15) is 5.10 Å². The van der Waals surface area contributed by atoms with Crippen molar-refractivity contribution in [3.8, 4) is 5.69 Å². The molecule has 0 aliphatic carbocycles. The van der Waals surface area contributed by atoms with Crippen LogP contribution in [0.25, 0.3) is 5.69 Å². The van der Waals surface area contributed by atoms with Gasteiger partial charge in [0.1, 0.15) is 5.82 Å². The van der Waals surface area contributed by atoms with E-state index in [1.807, 2.05) is 17.8 Å². The fourth-order valence-corrected chi connectivity index (χ4v) is 5.32. The first kappa shape index (κ1) is 15.4. The van der Waals surface area contributed by atoms with E-state index in [2.05, 4.69) is 40.0 Å². The van der Waals surface area contributed by atoms with Gasteiger partial charge in [0, 0.05) is 31.4 Å². The Bertz CT molecular complexity index is 765. The first-order valence-electron chi connectivity index (χ1n) is 9.68. The molecule has 0 radical (unpaired) electrons. The predicted octanol–water partition coefficient (Wildman–Crippen LogP) is 2.80. The zero-order valence-corrected chi connectivity index (χ0v) is 15.2. The summed E-state index contributed by atoms with van der Waals surface area (Å²) in [5.41, 5.74) is 3.25. The molecule has 3 fully saturated rings. The summed E-state index contributed by atoms with van der Waals surface area (Å²) in [6, 6.07) is 7.26. The molecular weight excluding hydrogens is 310 g/mol. The molecule has 0 saturated carbocycles. The SMILES string of the molecule is Cc1cc(C)n(-c2ccc(N3CC4CN5CCCCC5C4C3)nc2)n1. The first-order chi connectivity index (χ1) is 12.2. The van der Waals surface area contributed by atoms with Crippen molar-refractivity contribution in [2.45, 2.75) is 39.2 Å². The van der Waals surface area contributed by atoms with Crippen LogP contribution in [0.2, 0.25) is 0 Å². The lowest BCUT2D eigenvalue weighted by Gasteiger charge is -2.33. The Morgan fingerprint density at radius 3 is 2.76 bits per heavy atom. The van der Waals surface area contributed by atoms with Crippen LogP contribution >= 0.6 is 0 Å². The number of fused-ring (bicyclic) bond motifs is 3. The van der Waals surface area contributed by atoms with Crippen LogP contribution in [0.1, 0.15) is 30.7 Å². The lowest BCUT2D eigenvalue weighted by molar-refractivity contribution is 0.173. The Hall–Kier alpha value is -1.88. The molecule has 0 bridgehead atoms. The standard InChI is InChI=1S/C20H27N5/c1-14-9-15(2)25(22-14)17-6-7-20(21-10-17)24-12-16-11-23-8-4-3-5-19(23)18(16)13-24/h6-7,9-10,16,18-19H,3-5,8,11-13H2,1-2H3. The Morgan fingerprint density at radius 1 is 1.08 bits per heavy atom. The lowest BCUT2D eigenvalue weighted by atomic mass is 9.90. The molecule has 5 nitrogen and oxygen atoms in total. The number of anilines is 1. The summed E-state index contributed by atoms with van der Waals surface area (Å²) in [7, 11) is 0. The number of rotatable bonds is 2. The summed E-state index contributed by atoms with van der Waals surface area (Å²) in [6.07, 6.45) is 6.18. The molecule has 3 aliphatic rings. The normalized spacial score (nSPS) is 29.0. The minimum atomic E-state index is 0.831. The Balaban J connectivity index is 1.33. The van der Waals surface area contributed by atoms with E-state index in [1.165, 1.54) is 45.4 Å². The number of aromatic nitrogens is 3. The minimum absolute atomic E-state index is 0.831. The first-order valence-corrected chi connectivity index (χ1v) is 9.68. The van der Waals surface area contributed by atoms with Gasteiger partial charge < -0.3 is 4.90 Å². The average molecular weight is 337 g/mol. The van der Waals surface area contributed by atoms with Crippen molar-refractivity contribution in [1.82, 2.24) is 19.7 Å². The van der Waals surface area contributed by atoms with Crippen LogP contribution < -0.4 is 4.90 Å². The molecule has 5 heterocycles. The molecule has 0 amide bonds. The van der Waals surface area contributed by atoms with E-state index in [-0.39, 0.29) is 0 Å². The number of hydrogen-bond acceptors (Lipinski definition) is 4. The highest BCUT2D eigenvalue weighted by atomic mass is 15.3. The molecule has 3 aliphatic heterocycles. The van der Waals surface area contributed by atoms with Crippen molar-refractivity contribution in [3.05, 3.63) is 35.8 Å². The van der Waals surface area contributed by atoms with E-state index in [0.29, 0.717) is 0 Å². The van der Waals surface area contributed by atoms with Crippen LogP contribution in [0, 0.1) is 25.7 Å². The highest BCUT2D eigenvalue weighted by Gasteiger charge is 2.47. The number of aryl methyl sites for hydroxylation is 2. The second-order valence-electron chi connectivity index (χ2n) is 8.10. The zero-order chi connectivity index (χ0) is 17.0. The molecule has 3 saturated heterocycles. The van der Waals surface area contributed by atoms with Crippen LogP contribution in [0.15, 0.2) is 24.4 Å². The third kappa shape index (κ3) is 2.56. The van der Waals surface area contributed by atoms with E-state index in [1.54, 1.807) is 0 Å². The third-order valence-corrected chi connectivity index (χ3v) is 6.43. The van der Waals surface area contributed by atoms with E-state index in [9.17, 15) is 0 Å². The van der Waals surface area contributed by atoms with Gasteiger partial charge in [-0.15, -0.1) is 0 Å². The fourth-order valence-electron chi connectivity index (χ4n) is 5.32. The van der Waals surface area contributed by atoms with Gasteiger partial charge in [0.15, 0.2) is 0 Å². The summed E-state index contributed by atoms with van der Waals surface area (Å²) >= 11 is 0. The van der Waals surface area contributed by atoms with Crippen molar-refractivity contribution >= 4 is 5.82 Å². The zero-order valence-electron chi connectivity index (χ0n) is 15.2. The highest BCUT2D eigenvalue weighted by Crippen LogP contribution is 2.41. The van der Waals surface area contributed by atoms with Crippen LogP contribution in [-0.4, -0.2) is 51.9 Å². The second kappa shape index (κ2) is 5.84. The Kier molecular flexibility index (Phi) is 3.59. The van der Waals surface area contributed by atoms with Gasteiger partial charge in [0.2, 0.25) is 0 Å². The van der Waals surface area contributed by atoms with Gasteiger partial charge in [0.25, 0.3) is 0 Å². The fraction of sp³-hybridized carbons (Fsp3) is 0.600. The molecule has 2 aromatic rings. The summed E-state index contributed by atoms with van der Waals surface area (Å²) in [5, 5.41) is 4.56. The van der Waals surface area contributed by atoms with Crippen molar-refractivity contribution in [1.29, 1.82) is 0 Å². The average Bonchev–Trinajstić information content (AvgIpc) is 3.27. The highest BCUT2D eigenvalue weighted by molar-refractivity contribution is 5.45. The summed E-state index contributed by atoms with van der Waals surface area (Å²) in [5.74, 6) is 2.81. The molecular formula is C20H27N5. The maximum absolute atomic E-state index is 4.77. The van der Waals surface area contributed by atoms with Gasteiger partial charge in [-0.25, -0.2) is 9.67 Å². The summed E-state index contributed by atoms with van der Waals surface area (Å²) in [6.45, 7) is 9.10. The molecule has 3 atom stereocenters. The van der Waals surface area contributed by atoms with Crippen LogP contribution in [0.3, 0.4) is 0 Å². The number of piperidine rings is 1. The van der Waals surface area contributed by atoms with Gasteiger partial charge >= 0.3 is 0 Å². The molecule has 0 aromatic carbocycles. The quantitative estimate of drug-likeness (QED) is 0.844. The number of hydrogen-bond donors (Lipinski definition) is 0. The van der Waals surface area contributed by atoms with E-state index < -0.39 is 0 Å². The topological polar surface area (TPSA) is 37.2 Å². The van der Waals surface area contributed by atoms with E-state index >= 15 is 0 Å². The number of pyridine rings is 1. The van der Waals surface area contributed by atoms with E-state index in [0.717, 1.165) is 40.8 Å². The van der Waals surface area contributed by atoms with Gasteiger partial charge in [0.05, 0.1) is 17.6 Å². The van der Waals surface area contributed by atoms with Gasteiger partial charge in [-0.1, -0.05) is 6.42 Å². The largest absolute Gasteiger partial charge is 0.356 e. The van der Waals surface area contributed by atoms with Crippen LogP contribution in [0.5, 0.6) is 0 Å². The summed E-state index contributed by atoms with van der Waals surface area (Å²) in [4.78, 5) is 10.0. The van der Waals surface area contributed by atoms with Crippen LogP contribution in [0.4, 0.5) is 5.82 Å². The van der Waals surface area contributed by atoms with Crippen molar-refractivity contribution < 1.29 is 0 Å². The minimum Gasteiger partial charge on any atom is -0.356 e. The Morgan fingerprint density at radius 2 is 2.00 bits per heavy atom. The maximum atomic E-state index is 4.77. The molecule has 5 rings (SSSR count). The molecule has 132 valence electrons.